The van der Waals surface area contributed by atoms with Crippen molar-refractivity contribution in [3.8, 4) is 0 Å². The predicted molar refractivity (Wildman–Crippen MR) is 109 cm³/mol. The van der Waals surface area contributed by atoms with Crippen LogP contribution in [-0.2, 0) is 29.1 Å². The Balaban J connectivity index is 1.98. The Morgan fingerprint density at radius 2 is 1.68 bits per heavy atom. The number of anilines is 1. The Bertz CT molecular complexity index is 1150. The van der Waals surface area contributed by atoms with Crippen LogP contribution in [0.15, 0.2) is 59.5 Å². The minimum absolute atomic E-state index is 0.0111. The monoisotopic (exact) mass is 444 g/mol. The van der Waals surface area contributed by atoms with E-state index in [1.54, 1.807) is 42.5 Å². The number of esters is 1. The highest BCUT2D eigenvalue weighted by molar-refractivity contribution is 7.92. The lowest BCUT2D eigenvalue weighted by Gasteiger charge is -2.37. The van der Waals surface area contributed by atoms with Crippen LogP contribution in [0.5, 0.6) is 0 Å². The molecule has 0 unspecified atom stereocenters. The summed E-state index contributed by atoms with van der Waals surface area (Å²) in [6.45, 7) is 0. The number of hydrogen-bond donors (Lipinski definition) is 0. The van der Waals surface area contributed by atoms with Gasteiger partial charge in [0.1, 0.15) is 6.17 Å². The van der Waals surface area contributed by atoms with Gasteiger partial charge in [-0.15, -0.1) is 0 Å². The van der Waals surface area contributed by atoms with Gasteiger partial charge in [-0.05, 0) is 30.2 Å². The van der Waals surface area contributed by atoms with Crippen LogP contribution >= 0.6 is 0 Å². The van der Waals surface area contributed by atoms with E-state index in [9.17, 15) is 22.8 Å². The van der Waals surface area contributed by atoms with Crippen molar-refractivity contribution in [2.45, 2.75) is 28.9 Å². The zero-order valence-corrected chi connectivity index (χ0v) is 17.6. The number of hydrogen-bond acceptors (Lipinski definition) is 7. The minimum atomic E-state index is -4.16. The molecule has 31 heavy (non-hydrogen) atoms. The first kappa shape index (κ1) is 20.9. The highest BCUT2D eigenvalue weighted by Crippen LogP contribution is 2.54. The van der Waals surface area contributed by atoms with E-state index in [-0.39, 0.29) is 11.3 Å². The van der Waals surface area contributed by atoms with Gasteiger partial charge in [-0.2, -0.15) is 0 Å². The molecular weight excluding hydrogens is 424 g/mol. The van der Waals surface area contributed by atoms with Crippen molar-refractivity contribution in [3.63, 3.8) is 0 Å². The molecule has 0 aliphatic carbocycles. The van der Waals surface area contributed by atoms with Crippen molar-refractivity contribution in [1.82, 2.24) is 4.90 Å². The maximum atomic E-state index is 13.7. The molecule has 4 rings (SSSR count). The number of fused-ring (bicyclic) bond motifs is 3. The largest absolute Gasteiger partial charge is 0.467 e. The highest BCUT2D eigenvalue weighted by atomic mass is 32.2. The van der Waals surface area contributed by atoms with Crippen LogP contribution in [0.1, 0.15) is 17.9 Å². The number of carbonyl (C=O) groups excluding carboxylic acids is 3. The SMILES string of the molecule is COC(=O)N1[C@H]2[C@@H](C[C@]1(C=O)C(=O)OC)c1ccccc1N2S(=O)(=O)c1ccccc1. The topological polar surface area (TPSA) is 110 Å². The van der Waals surface area contributed by atoms with Gasteiger partial charge in [0.25, 0.3) is 10.0 Å². The summed E-state index contributed by atoms with van der Waals surface area (Å²) in [5.74, 6) is -1.60. The van der Waals surface area contributed by atoms with E-state index in [2.05, 4.69) is 0 Å². The molecule has 9 nitrogen and oxygen atoms in total. The van der Waals surface area contributed by atoms with Crippen molar-refractivity contribution in [2.75, 3.05) is 18.5 Å². The first-order chi connectivity index (χ1) is 14.8. The Morgan fingerprint density at radius 1 is 1.03 bits per heavy atom. The van der Waals surface area contributed by atoms with E-state index in [4.69, 9.17) is 9.47 Å². The number of benzene rings is 2. The fourth-order valence-corrected chi connectivity index (χ4v) is 6.18. The van der Waals surface area contributed by atoms with E-state index in [1.807, 2.05) is 0 Å². The third-order valence-electron chi connectivity index (χ3n) is 5.80. The van der Waals surface area contributed by atoms with Gasteiger partial charge in [0, 0.05) is 5.92 Å². The third kappa shape index (κ3) is 2.82. The molecule has 0 bridgehead atoms. The molecule has 10 heteroatoms. The molecule has 0 saturated carbocycles. The van der Waals surface area contributed by atoms with Crippen molar-refractivity contribution in [1.29, 1.82) is 0 Å². The van der Waals surface area contributed by atoms with Crippen molar-refractivity contribution in [2.24, 2.45) is 0 Å². The minimum Gasteiger partial charge on any atom is -0.467 e. The molecule has 0 radical (unpaired) electrons. The Hall–Kier alpha value is -3.40. The van der Waals surface area contributed by atoms with Gasteiger partial charge < -0.3 is 14.3 Å². The fourth-order valence-electron chi connectivity index (χ4n) is 4.50. The van der Waals surface area contributed by atoms with Gasteiger partial charge in [-0.25, -0.2) is 22.3 Å². The molecule has 1 fully saturated rings. The van der Waals surface area contributed by atoms with E-state index < -0.39 is 39.7 Å². The number of methoxy groups -OCH3 is 2. The zero-order chi connectivity index (χ0) is 22.4. The molecule has 2 heterocycles. The Kier molecular flexibility index (Phi) is 4.97. The smallest absolute Gasteiger partial charge is 0.412 e. The maximum Gasteiger partial charge on any atom is 0.412 e. The molecule has 0 aromatic heterocycles. The number of rotatable bonds is 4. The molecule has 1 amide bonds. The van der Waals surface area contributed by atoms with Crippen LogP contribution in [0.4, 0.5) is 10.5 Å². The molecule has 162 valence electrons. The average Bonchev–Trinajstić information content (AvgIpc) is 3.30. The predicted octanol–water partition coefficient (Wildman–Crippen LogP) is 1.89. The number of likely N-dealkylation sites (tertiary alicyclic amines) is 1. The first-order valence-corrected chi connectivity index (χ1v) is 10.9. The van der Waals surface area contributed by atoms with E-state index in [0.717, 1.165) is 23.4 Å². The van der Waals surface area contributed by atoms with Gasteiger partial charge in [0.15, 0.2) is 6.29 Å². The van der Waals surface area contributed by atoms with E-state index in [1.165, 1.54) is 12.1 Å². The summed E-state index contributed by atoms with van der Waals surface area (Å²) in [7, 11) is -1.96. The summed E-state index contributed by atoms with van der Waals surface area (Å²) in [6, 6.07) is 14.5. The second kappa shape index (κ2) is 7.38. The van der Waals surface area contributed by atoms with Crippen molar-refractivity contribution >= 4 is 34.1 Å². The molecule has 3 atom stereocenters. The number of amides is 1. The molecule has 0 spiro atoms. The van der Waals surface area contributed by atoms with Crippen molar-refractivity contribution in [3.05, 3.63) is 60.2 Å². The zero-order valence-electron chi connectivity index (χ0n) is 16.8. The van der Waals surface area contributed by atoms with Crippen molar-refractivity contribution < 1.29 is 32.3 Å². The van der Waals surface area contributed by atoms with Crippen LogP contribution in [0, 0.1) is 0 Å². The first-order valence-electron chi connectivity index (χ1n) is 9.44. The van der Waals surface area contributed by atoms with Crippen LogP contribution in [0.25, 0.3) is 0 Å². The quantitative estimate of drug-likeness (QED) is 0.402. The molecule has 2 aromatic carbocycles. The van der Waals surface area contributed by atoms with Gasteiger partial charge in [-0.3, -0.25) is 4.90 Å². The van der Waals surface area contributed by atoms with Gasteiger partial charge >= 0.3 is 12.1 Å². The molecule has 2 aromatic rings. The number of sulfonamides is 1. The number of nitrogens with zero attached hydrogens (tertiary/aromatic N) is 2. The maximum absolute atomic E-state index is 13.7. The summed E-state index contributed by atoms with van der Waals surface area (Å²) < 4.78 is 38.1. The number of ether oxygens (including phenoxy) is 2. The second-order valence-corrected chi connectivity index (χ2v) is 9.09. The normalized spacial score (nSPS) is 24.3. The number of aldehydes is 1. The van der Waals surface area contributed by atoms with E-state index >= 15 is 0 Å². The fraction of sp³-hybridized carbons (Fsp3) is 0.286. The van der Waals surface area contributed by atoms with Crippen LogP contribution in [0.2, 0.25) is 0 Å². The average molecular weight is 444 g/mol. The van der Waals surface area contributed by atoms with Crippen LogP contribution in [0.3, 0.4) is 0 Å². The lowest BCUT2D eigenvalue weighted by molar-refractivity contribution is -0.155. The van der Waals surface area contributed by atoms with E-state index in [0.29, 0.717) is 17.5 Å². The second-order valence-electron chi connectivity index (χ2n) is 7.27. The van der Waals surface area contributed by atoms with Gasteiger partial charge in [0.05, 0.1) is 24.8 Å². The number of para-hydroxylation sites is 1. The summed E-state index contributed by atoms with van der Waals surface area (Å²) in [5, 5.41) is 0. The Labute approximate surface area is 179 Å². The molecule has 2 aliphatic rings. The molecule has 2 aliphatic heterocycles. The highest BCUT2D eigenvalue weighted by Gasteiger charge is 2.66. The summed E-state index contributed by atoms with van der Waals surface area (Å²) in [6.07, 6.45) is -2.00. The summed E-state index contributed by atoms with van der Waals surface area (Å²) in [4.78, 5) is 38.6. The van der Waals surface area contributed by atoms with Gasteiger partial charge in [0.2, 0.25) is 5.54 Å². The molecular formula is C21H20N2O7S. The lowest BCUT2D eigenvalue weighted by atomic mass is 9.89. The third-order valence-corrected chi connectivity index (χ3v) is 7.60. The summed E-state index contributed by atoms with van der Waals surface area (Å²) >= 11 is 0. The lowest BCUT2D eigenvalue weighted by Crippen LogP contribution is -2.61. The van der Waals surface area contributed by atoms with Crippen LogP contribution < -0.4 is 4.31 Å². The van der Waals surface area contributed by atoms with Gasteiger partial charge in [-0.1, -0.05) is 36.4 Å². The standard InChI is InChI=1S/C21H20N2O7S/c1-29-19(25)21(13-24)12-16-15-10-6-7-11-17(15)23(18(16)22(21)20(26)30-2)31(27,28)14-8-4-3-5-9-14/h3-11,13,16,18H,12H2,1-2H3/t16-,18+,21-/m0/s1. The van der Waals surface area contributed by atoms with Crippen LogP contribution in [-0.4, -0.2) is 57.6 Å². The Morgan fingerprint density at radius 3 is 2.29 bits per heavy atom. The summed E-state index contributed by atoms with van der Waals surface area (Å²) in [5.41, 5.74) is -1.04. The molecule has 1 saturated heterocycles. The molecule has 0 N–H and O–H groups in total. The number of carbonyl (C=O) groups is 3.